The van der Waals surface area contributed by atoms with Crippen LogP contribution in [-0.2, 0) is 9.53 Å². The van der Waals surface area contributed by atoms with Crippen molar-refractivity contribution in [2.75, 3.05) is 13.2 Å². The molecular formula is C17H22N2O3. The van der Waals surface area contributed by atoms with Crippen LogP contribution in [0.4, 0.5) is 0 Å². The van der Waals surface area contributed by atoms with Crippen LogP contribution < -0.4 is 0 Å². The summed E-state index contributed by atoms with van der Waals surface area (Å²) in [5, 5.41) is 0. The van der Waals surface area contributed by atoms with E-state index in [1.807, 2.05) is 13.0 Å². The highest BCUT2D eigenvalue weighted by molar-refractivity contribution is 6.10. The molecule has 0 unspecified atom stereocenters. The predicted molar refractivity (Wildman–Crippen MR) is 84.0 cm³/mol. The number of carbonyl (C=O) groups is 2. The summed E-state index contributed by atoms with van der Waals surface area (Å²) in [5.41, 5.74) is 1.71. The summed E-state index contributed by atoms with van der Waals surface area (Å²) in [4.78, 5) is 30.2. The van der Waals surface area contributed by atoms with E-state index >= 15 is 0 Å². The molecule has 0 spiro atoms. The first-order valence-corrected chi connectivity index (χ1v) is 7.84. The minimum absolute atomic E-state index is 0.142. The lowest BCUT2D eigenvalue weighted by molar-refractivity contribution is -0.137. The predicted octanol–water partition coefficient (Wildman–Crippen LogP) is 3.02. The molecule has 22 heavy (non-hydrogen) atoms. The lowest BCUT2D eigenvalue weighted by Gasteiger charge is -2.17. The highest BCUT2D eigenvalue weighted by Crippen LogP contribution is 2.31. The van der Waals surface area contributed by atoms with Crippen LogP contribution in [0.2, 0.25) is 0 Å². The van der Waals surface area contributed by atoms with Gasteiger partial charge in [0.25, 0.3) is 5.91 Å². The SMILES string of the molecule is CCCCOC(=O)/C=C1\c2cccnc2C(=O)N1CCCC. The van der Waals surface area contributed by atoms with Gasteiger partial charge in [-0.3, -0.25) is 9.78 Å². The topological polar surface area (TPSA) is 59.5 Å². The van der Waals surface area contributed by atoms with Crippen LogP contribution in [0, 0.1) is 0 Å². The number of pyridine rings is 1. The molecule has 0 saturated heterocycles. The zero-order chi connectivity index (χ0) is 15.9. The first kappa shape index (κ1) is 16.2. The molecule has 1 aromatic heterocycles. The Morgan fingerprint density at radius 2 is 2.09 bits per heavy atom. The van der Waals surface area contributed by atoms with E-state index in [-0.39, 0.29) is 5.91 Å². The molecule has 2 rings (SSSR count). The van der Waals surface area contributed by atoms with Gasteiger partial charge in [-0.15, -0.1) is 0 Å². The molecule has 1 aliphatic heterocycles. The number of unbranched alkanes of at least 4 members (excludes halogenated alkanes) is 2. The van der Waals surface area contributed by atoms with Gasteiger partial charge in [-0.2, -0.15) is 0 Å². The molecule has 0 bridgehead atoms. The summed E-state index contributed by atoms with van der Waals surface area (Å²) >= 11 is 0. The number of hydrogen-bond donors (Lipinski definition) is 0. The Labute approximate surface area is 131 Å². The largest absolute Gasteiger partial charge is 0.462 e. The average molecular weight is 302 g/mol. The van der Waals surface area contributed by atoms with E-state index in [0.29, 0.717) is 30.1 Å². The van der Waals surface area contributed by atoms with Crippen LogP contribution in [0.15, 0.2) is 24.4 Å². The Hall–Kier alpha value is -2.17. The molecule has 0 atom stereocenters. The van der Waals surface area contributed by atoms with Crippen molar-refractivity contribution in [2.45, 2.75) is 39.5 Å². The summed E-state index contributed by atoms with van der Waals surface area (Å²) in [7, 11) is 0. The second-order valence-electron chi connectivity index (χ2n) is 5.26. The number of amides is 1. The quantitative estimate of drug-likeness (QED) is 0.441. The van der Waals surface area contributed by atoms with E-state index in [4.69, 9.17) is 4.74 Å². The second kappa shape index (κ2) is 7.73. The third kappa shape index (κ3) is 3.53. The number of nitrogens with zero attached hydrogens (tertiary/aromatic N) is 2. The number of fused-ring (bicyclic) bond motifs is 1. The third-order valence-electron chi connectivity index (χ3n) is 3.55. The van der Waals surface area contributed by atoms with Gasteiger partial charge < -0.3 is 9.64 Å². The lowest BCUT2D eigenvalue weighted by Crippen LogP contribution is -2.25. The first-order chi connectivity index (χ1) is 10.7. The van der Waals surface area contributed by atoms with Crippen molar-refractivity contribution in [3.05, 3.63) is 35.7 Å². The molecule has 0 saturated carbocycles. The fraction of sp³-hybridized carbons (Fsp3) is 0.471. The summed E-state index contributed by atoms with van der Waals surface area (Å²) in [6.07, 6.45) is 6.67. The van der Waals surface area contributed by atoms with Crippen LogP contribution in [0.1, 0.15) is 55.6 Å². The third-order valence-corrected chi connectivity index (χ3v) is 3.55. The monoisotopic (exact) mass is 302 g/mol. The van der Waals surface area contributed by atoms with E-state index in [1.165, 1.54) is 6.08 Å². The molecule has 1 aromatic rings. The van der Waals surface area contributed by atoms with Crippen molar-refractivity contribution < 1.29 is 14.3 Å². The number of esters is 1. The molecule has 118 valence electrons. The summed E-state index contributed by atoms with van der Waals surface area (Å²) < 4.78 is 5.17. The number of rotatable bonds is 7. The average Bonchev–Trinajstić information content (AvgIpc) is 2.78. The molecule has 0 radical (unpaired) electrons. The van der Waals surface area contributed by atoms with Crippen molar-refractivity contribution in [1.29, 1.82) is 0 Å². The molecule has 5 heteroatoms. The van der Waals surface area contributed by atoms with Crippen LogP contribution in [-0.4, -0.2) is 34.9 Å². The highest BCUT2D eigenvalue weighted by atomic mass is 16.5. The Balaban J connectivity index is 2.24. The standard InChI is InChI=1S/C17H22N2O3/c1-3-5-10-19-14(12-15(20)22-11-6-4-2)13-8-7-9-18-16(13)17(19)21/h7-9,12H,3-6,10-11H2,1-2H3/b14-12+. The van der Waals surface area contributed by atoms with E-state index in [9.17, 15) is 9.59 Å². The number of ether oxygens (including phenoxy) is 1. The minimum atomic E-state index is -0.408. The van der Waals surface area contributed by atoms with Crippen LogP contribution in [0.5, 0.6) is 0 Å². The molecule has 2 heterocycles. The van der Waals surface area contributed by atoms with Gasteiger partial charge in [0.2, 0.25) is 0 Å². The lowest BCUT2D eigenvalue weighted by atomic mass is 10.2. The van der Waals surface area contributed by atoms with E-state index in [1.54, 1.807) is 17.2 Å². The Morgan fingerprint density at radius 1 is 1.32 bits per heavy atom. The molecule has 0 N–H and O–H groups in total. The molecule has 5 nitrogen and oxygen atoms in total. The summed E-state index contributed by atoms with van der Waals surface area (Å²) in [5.74, 6) is -0.550. The van der Waals surface area contributed by atoms with Gasteiger partial charge in [0, 0.05) is 24.4 Å². The molecular weight excluding hydrogens is 280 g/mol. The molecule has 1 aliphatic rings. The zero-order valence-electron chi connectivity index (χ0n) is 13.2. The number of aromatic nitrogens is 1. The number of hydrogen-bond acceptors (Lipinski definition) is 4. The maximum absolute atomic E-state index is 12.4. The summed E-state index contributed by atoms with van der Waals surface area (Å²) in [6.45, 7) is 5.09. The smallest absolute Gasteiger partial charge is 0.332 e. The van der Waals surface area contributed by atoms with E-state index in [2.05, 4.69) is 11.9 Å². The van der Waals surface area contributed by atoms with E-state index in [0.717, 1.165) is 25.7 Å². The van der Waals surface area contributed by atoms with Gasteiger partial charge in [-0.25, -0.2) is 4.79 Å². The van der Waals surface area contributed by atoms with Crippen molar-refractivity contribution in [3.8, 4) is 0 Å². The van der Waals surface area contributed by atoms with Crippen LogP contribution in [0.3, 0.4) is 0 Å². The Morgan fingerprint density at radius 3 is 2.82 bits per heavy atom. The fourth-order valence-electron chi connectivity index (χ4n) is 2.33. The zero-order valence-corrected chi connectivity index (χ0v) is 13.2. The van der Waals surface area contributed by atoms with Gasteiger partial charge in [0.05, 0.1) is 12.3 Å². The van der Waals surface area contributed by atoms with Gasteiger partial charge in [0.1, 0.15) is 5.69 Å². The number of carbonyl (C=O) groups excluding carboxylic acids is 2. The normalized spacial score (nSPS) is 15.3. The van der Waals surface area contributed by atoms with Crippen molar-refractivity contribution in [1.82, 2.24) is 9.88 Å². The maximum atomic E-state index is 12.4. The Kier molecular flexibility index (Phi) is 5.69. The highest BCUT2D eigenvalue weighted by Gasteiger charge is 2.33. The van der Waals surface area contributed by atoms with Gasteiger partial charge >= 0.3 is 5.97 Å². The van der Waals surface area contributed by atoms with Gasteiger partial charge in [-0.05, 0) is 25.0 Å². The van der Waals surface area contributed by atoms with E-state index < -0.39 is 5.97 Å². The van der Waals surface area contributed by atoms with Gasteiger partial charge in [-0.1, -0.05) is 26.7 Å². The van der Waals surface area contributed by atoms with Crippen LogP contribution in [0.25, 0.3) is 5.70 Å². The van der Waals surface area contributed by atoms with Gasteiger partial charge in [0.15, 0.2) is 0 Å². The van der Waals surface area contributed by atoms with Crippen molar-refractivity contribution in [3.63, 3.8) is 0 Å². The Bertz CT molecular complexity index is 581. The summed E-state index contributed by atoms with van der Waals surface area (Å²) in [6, 6.07) is 3.59. The fourth-order valence-corrected chi connectivity index (χ4v) is 2.33. The van der Waals surface area contributed by atoms with Crippen molar-refractivity contribution >= 4 is 17.6 Å². The van der Waals surface area contributed by atoms with Crippen LogP contribution >= 0.6 is 0 Å². The molecule has 1 amide bonds. The first-order valence-electron chi connectivity index (χ1n) is 7.84. The maximum Gasteiger partial charge on any atom is 0.332 e. The van der Waals surface area contributed by atoms with Crippen molar-refractivity contribution in [2.24, 2.45) is 0 Å². The minimum Gasteiger partial charge on any atom is -0.462 e. The molecule has 0 fully saturated rings. The molecule has 0 aromatic carbocycles. The second-order valence-corrected chi connectivity index (χ2v) is 5.26. The molecule has 0 aliphatic carbocycles.